The molecule has 0 radical (unpaired) electrons. The first kappa shape index (κ1) is 18.8. The maximum Gasteiger partial charge on any atom is 0.407 e. The molecule has 1 aromatic rings. The molecule has 0 aromatic heterocycles. The number of hydrogen-bond donors (Lipinski definition) is 2. The van der Waals surface area contributed by atoms with Crippen LogP contribution >= 0.6 is 0 Å². The van der Waals surface area contributed by atoms with Crippen molar-refractivity contribution in [3.05, 3.63) is 35.1 Å². The highest BCUT2D eigenvalue weighted by atomic mass is 19.2. The summed E-state index contributed by atoms with van der Waals surface area (Å²) in [4.78, 5) is 22.4. The van der Waals surface area contributed by atoms with E-state index in [0.29, 0.717) is 18.6 Å². The summed E-state index contributed by atoms with van der Waals surface area (Å²) >= 11 is 0. The summed E-state index contributed by atoms with van der Waals surface area (Å²) in [6, 6.07) is 0.00655. The van der Waals surface area contributed by atoms with Gasteiger partial charge in [0.1, 0.15) is 5.82 Å². The number of amides is 1. The van der Waals surface area contributed by atoms with Gasteiger partial charge < -0.3 is 15.2 Å². The SMILES string of the molecule is CCCCOC(=O)N[C@@H](CC(=O)O)Cc1cc(F)c(F)cc1F. The monoisotopic (exact) mass is 333 g/mol. The van der Waals surface area contributed by atoms with Crippen LogP contribution in [0.15, 0.2) is 12.1 Å². The van der Waals surface area contributed by atoms with Crippen molar-refractivity contribution in [1.29, 1.82) is 0 Å². The molecule has 0 saturated heterocycles. The third-order valence-corrected chi connectivity index (χ3v) is 3.03. The van der Waals surface area contributed by atoms with Gasteiger partial charge in [0, 0.05) is 12.1 Å². The van der Waals surface area contributed by atoms with Crippen molar-refractivity contribution in [3.63, 3.8) is 0 Å². The number of carbonyl (C=O) groups excluding carboxylic acids is 1. The summed E-state index contributed by atoms with van der Waals surface area (Å²) in [6.45, 7) is 2.07. The van der Waals surface area contributed by atoms with Gasteiger partial charge in [0.25, 0.3) is 0 Å². The molecule has 1 aromatic carbocycles. The molecule has 1 atom stereocenters. The lowest BCUT2D eigenvalue weighted by molar-refractivity contribution is -0.137. The number of rotatable bonds is 8. The predicted octanol–water partition coefficient (Wildman–Crippen LogP) is 3.02. The highest BCUT2D eigenvalue weighted by Gasteiger charge is 2.20. The zero-order valence-electron chi connectivity index (χ0n) is 12.6. The van der Waals surface area contributed by atoms with E-state index in [9.17, 15) is 22.8 Å². The van der Waals surface area contributed by atoms with E-state index in [1.807, 2.05) is 6.92 Å². The highest BCUT2D eigenvalue weighted by Crippen LogP contribution is 2.16. The Balaban J connectivity index is 2.76. The van der Waals surface area contributed by atoms with Crippen LogP contribution in [0, 0.1) is 17.5 Å². The average Bonchev–Trinajstić information content (AvgIpc) is 2.44. The lowest BCUT2D eigenvalue weighted by Gasteiger charge is -2.17. The van der Waals surface area contributed by atoms with Gasteiger partial charge in [-0.15, -0.1) is 0 Å². The van der Waals surface area contributed by atoms with Gasteiger partial charge in [0.05, 0.1) is 13.0 Å². The van der Waals surface area contributed by atoms with Crippen LogP contribution in [0.2, 0.25) is 0 Å². The van der Waals surface area contributed by atoms with E-state index in [1.165, 1.54) is 0 Å². The van der Waals surface area contributed by atoms with E-state index >= 15 is 0 Å². The number of hydrogen-bond acceptors (Lipinski definition) is 3. The Hall–Kier alpha value is -2.25. The summed E-state index contributed by atoms with van der Waals surface area (Å²) in [6.07, 6.45) is -0.201. The lowest BCUT2D eigenvalue weighted by atomic mass is 10.0. The van der Waals surface area contributed by atoms with Crippen LogP contribution in [-0.2, 0) is 16.0 Å². The quantitative estimate of drug-likeness (QED) is 0.566. The van der Waals surface area contributed by atoms with Gasteiger partial charge in [-0.05, 0) is 24.5 Å². The van der Waals surface area contributed by atoms with Gasteiger partial charge in [-0.1, -0.05) is 13.3 Å². The number of carboxylic acids is 1. The van der Waals surface area contributed by atoms with Crippen molar-refractivity contribution in [1.82, 2.24) is 5.32 Å². The van der Waals surface area contributed by atoms with E-state index in [-0.39, 0.29) is 18.6 Å². The smallest absolute Gasteiger partial charge is 0.407 e. The highest BCUT2D eigenvalue weighted by molar-refractivity contribution is 5.71. The predicted molar refractivity (Wildman–Crippen MR) is 75.5 cm³/mol. The standard InChI is InChI=1S/C15H18F3NO4/c1-2-3-4-23-15(22)19-10(7-14(20)21)5-9-6-12(17)13(18)8-11(9)16/h6,8,10H,2-5,7H2,1H3,(H,19,22)(H,20,21)/t10-/m1/s1. The van der Waals surface area contributed by atoms with Crippen molar-refractivity contribution in [2.45, 2.75) is 38.6 Å². The molecule has 1 amide bonds. The summed E-state index contributed by atoms with van der Waals surface area (Å²) in [5.74, 6) is -4.83. The Labute approximate surface area is 131 Å². The first-order valence-corrected chi connectivity index (χ1v) is 7.12. The largest absolute Gasteiger partial charge is 0.481 e. The van der Waals surface area contributed by atoms with E-state index in [2.05, 4.69) is 5.32 Å². The Morgan fingerprint density at radius 1 is 1.22 bits per heavy atom. The van der Waals surface area contributed by atoms with Crippen molar-refractivity contribution >= 4 is 12.1 Å². The van der Waals surface area contributed by atoms with Crippen molar-refractivity contribution in [3.8, 4) is 0 Å². The molecular formula is C15H18F3NO4. The first-order valence-electron chi connectivity index (χ1n) is 7.12. The van der Waals surface area contributed by atoms with Crippen LogP contribution in [0.5, 0.6) is 0 Å². The van der Waals surface area contributed by atoms with Crippen LogP contribution < -0.4 is 5.32 Å². The second-order valence-corrected chi connectivity index (χ2v) is 4.99. The van der Waals surface area contributed by atoms with Crippen LogP contribution in [0.3, 0.4) is 0 Å². The van der Waals surface area contributed by atoms with E-state index in [0.717, 1.165) is 6.42 Å². The Morgan fingerprint density at radius 2 is 1.87 bits per heavy atom. The fourth-order valence-corrected chi connectivity index (χ4v) is 1.89. The molecule has 5 nitrogen and oxygen atoms in total. The van der Waals surface area contributed by atoms with Crippen LogP contribution in [-0.4, -0.2) is 29.8 Å². The molecule has 1 rings (SSSR count). The molecule has 0 spiro atoms. The molecule has 23 heavy (non-hydrogen) atoms. The minimum Gasteiger partial charge on any atom is -0.481 e. The zero-order chi connectivity index (χ0) is 17.4. The first-order chi connectivity index (χ1) is 10.8. The van der Waals surface area contributed by atoms with Gasteiger partial charge >= 0.3 is 12.1 Å². The number of aliphatic carboxylic acids is 1. The Bertz CT molecular complexity index is 566. The topological polar surface area (TPSA) is 75.6 Å². The van der Waals surface area contributed by atoms with Gasteiger partial charge in [0.15, 0.2) is 11.6 Å². The number of ether oxygens (including phenoxy) is 1. The number of unbranched alkanes of at least 4 members (excludes halogenated alkanes) is 1. The Morgan fingerprint density at radius 3 is 2.48 bits per heavy atom. The van der Waals surface area contributed by atoms with Crippen LogP contribution in [0.1, 0.15) is 31.7 Å². The minimum atomic E-state index is -1.34. The summed E-state index contributed by atoms with van der Waals surface area (Å²) in [5.41, 5.74) is -0.232. The van der Waals surface area contributed by atoms with Gasteiger partial charge in [-0.2, -0.15) is 0 Å². The second-order valence-electron chi connectivity index (χ2n) is 4.99. The molecule has 8 heteroatoms. The third-order valence-electron chi connectivity index (χ3n) is 3.03. The fourth-order valence-electron chi connectivity index (χ4n) is 1.89. The van der Waals surface area contributed by atoms with Crippen LogP contribution in [0.4, 0.5) is 18.0 Å². The molecule has 0 bridgehead atoms. The molecule has 0 heterocycles. The molecule has 0 aliphatic carbocycles. The average molecular weight is 333 g/mol. The lowest BCUT2D eigenvalue weighted by Crippen LogP contribution is -2.38. The second kappa shape index (κ2) is 9.02. The van der Waals surface area contributed by atoms with Crippen molar-refractivity contribution in [2.24, 2.45) is 0 Å². The molecule has 0 aliphatic rings. The van der Waals surface area contributed by atoms with E-state index in [1.54, 1.807) is 0 Å². The normalized spacial score (nSPS) is 11.8. The molecule has 0 aliphatic heterocycles. The molecule has 0 saturated carbocycles. The Kier molecular flexibility index (Phi) is 7.37. The number of halogens is 3. The third kappa shape index (κ3) is 6.58. The van der Waals surface area contributed by atoms with Crippen molar-refractivity contribution in [2.75, 3.05) is 6.61 Å². The number of nitrogens with one attached hydrogen (secondary N) is 1. The summed E-state index contributed by atoms with van der Waals surface area (Å²) in [7, 11) is 0. The molecule has 128 valence electrons. The molecular weight excluding hydrogens is 315 g/mol. The number of carboxylic acid groups (broad SMARTS) is 1. The molecule has 0 unspecified atom stereocenters. The van der Waals surface area contributed by atoms with Gasteiger partial charge in [-0.3, -0.25) is 4.79 Å². The maximum absolute atomic E-state index is 13.6. The zero-order valence-corrected chi connectivity index (χ0v) is 12.6. The number of alkyl carbamates (subject to hydrolysis) is 1. The van der Waals surface area contributed by atoms with Crippen LogP contribution in [0.25, 0.3) is 0 Å². The number of benzene rings is 1. The maximum atomic E-state index is 13.6. The van der Waals surface area contributed by atoms with Gasteiger partial charge in [-0.25, -0.2) is 18.0 Å². The number of carbonyl (C=O) groups is 2. The summed E-state index contributed by atoms with van der Waals surface area (Å²) in [5, 5.41) is 11.1. The fraction of sp³-hybridized carbons (Fsp3) is 0.467. The van der Waals surface area contributed by atoms with E-state index < -0.39 is 42.0 Å². The van der Waals surface area contributed by atoms with Gasteiger partial charge in [0.2, 0.25) is 0 Å². The minimum absolute atomic E-state index is 0.168. The summed E-state index contributed by atoms with van der Waals surface area (Å²) < 4.78 is 44.5. The molecule has 2 N–H and O–H groups in total. The van der Waals surface area contributed by atoms with E-state index in [4.69, 9.17) is 9.84 Å². The van der Waals surface area contributed by atoms with Crippen molar-refractivity contribution < 1.29 is 32.6 Å². The molecule has 0 fully saturated rings.